The maximum absolute atomic E-state index is 13.2. The molecule has 0 saturated carbocycles. The maximum atomic E-state index is 13.2. The van der Waals surface area contributed by atoms with Crippen LogP contribution in [-0.4, -0.2) is 30.4 Å². The van der Waals surface area contributed by atoms with Gasteiger partial charge in [-0.15, -0.1) is 11.3 Å². The van der Waals surface area contributed by atoms with Crippen molar-refractivity contribution in [1.82, 2.24) is 4.90 Å². The Balaban J connectivity index is 1.83. The van der Waals surface area contributed by atoms with Crippen LogP contribution in [0.1, 0.15) is 30.3 Å². The fourth-order valence-corrected chi connectivity index (χ4v) is 3.24. The zero-order valence-electron chi connectivity index (χ0n) is 14.6. The highest BCUT2D eigenvalue weighted by Gasteiger charge is 2.21. The summed E-state index contributed by atoms with van der Waals surface area (Å²) < 4.78 is 18.3. The van der Waals surface area contributed by atoms with Crippen molar-refractivity contribution in [2.75, 3.05) is 13.7 Å². The Labute approximate surface area is 151 Å². The summed E-state index contributed by atoms with van der Waals surface area (Å²) in [5, 5.41) is 1.96. The Kier molecular flexibility index (Phi) is 6.70. The SMILES string of the molecule is CC(Cc1cccc(F)c1)C(=O)OCC(=O)N(C)C(C)c1cccs1. The highest BCUT2D eigenvalue weighted by molar-refractivity contribution is 7.10. The third-order valence-corrected chi connectivity index (χ3v) is 5.14. The van der Waals surface area contributed by atoms with Crippen LogP contribution in [0.3, 0.4) is 0 Å². The van der Waals surface area contributed by atoms with Crippen molar-refractivity contribution >= 4 is 23.2 Å². The molecule has 0 spiro atoms. The van der Waals surface area contributed by atoms with Crippen molar-refractivity contribution in [2.45, 2.75) is 26.3 Å². The second kappa shape index (κ2) is 8.76. The van der Waals surface area contributed by atoms with Crippen LogP contribution in [0.2, 0.25) is 0 Å². The van der Waals surface area contributed by atoms with Crippen molar-refractivity contribution in [2.24, 2.45) is 5.92 Å². The average molecular weight is 363 g/mol. The summed E-state index contributed by atoms with van der Waals surface area (Å²) in [6, 6.07) is 9.94. The van der Waals surface area contributed by atoms with Gasteiger partial charge in [0.2, 0.25) is 0 Å². The average Bonchev–Trinajstić information content (AvgIpc) is 3.12. The molecular formula is C19H22FNO3S. The fourth-order valence-electron chi connectivity index (χ4n) is 2.41. The number of rotatable bonds is 7. The number of carbonyl (C=O) groups is 2. The highest BCUT2D eigenvalue weighted by atomic mass is 32.1. The van der Waals surface area contributed by atoms with E-state index in [0.717, 1.165) is 10.4 Å². The van der Waals surface area contributed by atoms with E-state index in [1.165, 1.54) is 12.1 Å². The number of benzene rings is 1. The van der Waals surface area contributed by atoms with Gasteiger partial charge in [0.05, 0.1) is 12.0 Å². The summed E-state index contributed by atoms with van der Waals surface area (Å²) in [5.41, 5.74) is 0.721. The molecule has 0 aliphatic rings. The number of carbonyl (C=O) groups excluding carboxylic acids is 2. The minimum atomic E-state index is -0.463. The van der Waals surface area contributed by atoms with E-state index in [1.807, 2.05) is 24.4 Å². The fraction of sp³-hybridized carbons (Fsp3) is 0.368. The summed E-state index contributed by atoms with van der Waals surface area (Å²) in [5.74, 6) is -1.51. The molecule has 0 saturated heterocycles. The van der Waals surface area contributed by atoms with Crippen LogP contribution in [0.5, 0.6) is 0 Å². The lowest BCUT2D eigenvalue weighted by Crippen LogP contribution is -2.34. The van der Waals surface area contributed by atoms with Crippen molar-refractivity contribution in [3.05, 3.63) is 58.0 Å². The van der Waals surface area contributed by atoms with Gasteiger partial charge < -0.3 is 9.64 Å². The number of nitrogens with zero attached hydrogens (tertiary/aromatic N) is 1. The van der Waals surface area contributed by atoms with Gasteiger partial charge in [-0.2, -0.15) is 0 Å². The molecule has 134 valence electrons. The van der Waals surface area contributed by atoms with Crippen molar-refractivity contribution in [1.29, 1.82) is 0 Å². The Bertz CT molecular complexity index is 717. The topological polar surface area (TPSA) is 46.6 Å². The number of thiophene rings is 1. The standard InChI is InChI=1S/C19H22FNO3S/c1-13(10-15-6-4-7-16(20)11-15)19(23)24-12-18(22)21(3)14(2)17-8-5-9-25-17/h4-9,11,13-14H,10,12H2,1-3H3. The Morgan fingerprint density at radius 3 is 2.64 bits per heavy atom. The molecule has 2 unspecified atom stereocenters. The summed E-state index contributed by atoms with van der Waals surface area (Å²) in [7, 11) is 1.69. The summed E-state index contributed by atoms with van der Waals surface area (Å²) in [4.78, 5) is 26.9. The molecule has 1 aromatic heterocycles. The lowest BCUT2D eigenvalue weighted by atomic mass is 10.0. The monoisotopic (exact) mass is 363 g/mol. The zero-order chi connectivity index (χ0) is 18.4. The molecule has 25 heavy (non-hydrogen) atoms. The van der Waals surface area contributed by atoms with Gasteiger partial charge in [0.25, 0.3) is 5.91 Å². The molecule has 0 aliphatic carbocycles. The second-order valence-electron chi connectivity index (χ2n) is 6.04. The van der Waals surface area contributed by atoms with Gasteiger partial charge in [0, 0.05) is 11.9 Å². The number of amides is 1. The molecule has 2 atom stereocenters. The van der Waals surface area contributed by atoms with Gasteiger partial charge >= 0.3 is 5.97 Å². The number of ether oxygens (including phenoxy) is 1. The third-order valence-electron chi connectivity index (χ3n) is 4.10. The molecule has 4 nitrogen and oxygen atoms in total. The van der Waals surface area contributed by atoms with E-state index in [0.29, 0.717) is 6.42 Å². The molecule has 0 N–H and O–H groups in total. The predicted octanol–water partition coefficient (Wildman–Crippen LogP) is 3.83. The van der Waals surface area contributed by atoms with Crippen molar-refractivity contribution in [3.8, 4) is 0 Å². The Morgan fingerprint density at radius 2 is 2.00 bits per heavy atom. The molecule has 1 amide bonds. The molecule has 6 heteroatoms. The number of halogens is 1. The van der Waals surface area contributed by atoms with Crippen LogP contribution in [-0.2, 0) is 20.7 Å². The Morgan fingerprint density at radius 1 is 1.24 bits per heavy atom. The van der Waals surface area contributed by atoms with E-state index in [1.54, 1.807) is 42.3 Å². The van der Waals surface area contributed by atoms with Crippen LogP contribution in [0, 0.1) is 11.7 Å². The quantitative estimate of drug-likeness (QED) is 0.703. The highest BCUT2D eigenvalue weighted by Crippen LogP contribution is 2.23. The van der Waals surface area contributed by atoms with E-state index in [2.05, 4.69) is 0 Å². The largest absolute Gasteiger partial charge is 0.455 e. The minimum absolute atomic E-state index is 0.0732. The first-order chi connectivity index (χ1) is 11.9. The molecule has 2 rings (SSSR count). The number of hydrogen-bond acceptors (Lipinski definition) is 4. The number of esters is 1. The van der Waals surface area contributed by atoms with E-state index in [4.69, 9.17) is 4.74 Å². The van der Waals surface area contributed by atoms with Crippen LogP contribution in [0.4, 0.5) is 4.39 Å². The van der Waals surface area contributed by atoms with Crippen molar-refractivity contribution < 1.29 is 18.7 Å². The predicted molar refractivity (Wildman–Crippen MR) is 95.7 cm³/mol. The number of likely N-dealkylation sites (N-methyl/N-ethyl adjacent to an activating group) is 1. The number of hydrogen-bond donors (Lipinski definition) is 0. The van der Waals surface area contributed by atoms with Gasteiger partial charge in [-0.1, -0.05) is 25.1 Å². The summed E-state index contributed by atoms with van der Waals surface area (Å²) >= 11 is 1.58. The first kappa shape index (κ1) is 19.1. The van der Waals surface area contributed by atoms with E-state index < -0.39 is 11.9 Å². The second-order valence-corrected chi connectivity index (χ2v) is 7.02. The van der Waals surface area contributed by atoms with Gasteiger partial charge in [0.1, 0.15) is 5.82 Å². The molecule has 2 aromatic rings. The first-order valence-electron chi connectivity index (χ1n) is 8.08. The molecule has 1 heterocycles. The molecule has 1 aromatic carbocycles. The normalized spacial score (nSPS) is 13.1. The Hall–Kier alpha value is -2.21. The van der Waals surface area contributed by atoms with Crippen LogP contribution in [0.15, 0.2) is 41.8 Å². The molecule has 0 radical (unpaired) electrons. The van der Waals surface area contributed by atoms with Crippen LogP contribution < -0.4 is 0 Å². The van der Waals surface area contributed by atoms with E-state index in [9.17, 15) is 14.0 Å². The molecule has 0 aliphatic heterocycles. The van der Waals surface area contributed by atoms with Crippen molar-refractivity contribution in [3.63, 3.8) is 0 Å². The summed E-state index contributed by atoms with van der Waals surface area (Å²) in [6.07, 6.45) is 0.367. The van der Waals surface area contributed by atoms with Gasteiger partial charge in [0.15, 0.2) is 6.61 Å². The minimum Gasteiger partial charge on any atom is -0.455 e. The molecular weight excluding hydrogens is 341 g/mol. The maximum Gasteiger partial charge on any atom is 0.309 e. The van der Waals surface area contributed by atoms with Gasteiger partial charge in [-0.05, 0) is 42.5 Å². The first-order valence-corrected chi connectivity index (χ1v) is 8.96. The van der Waals surface area contributed by atoms with Crippen LogP contribution in [0.25, 0.3) is 0 Å². The molecule has 0 fully saturated rings. The summed E-state index contributed by atoms with van der Waals surface area (Å²) in [6.45, 7) is 3.34. The van der Waals surface area contributed by atoms with E-state index >= 15 is 0 Å². The lowest BCUT2D eigenvalue weighted by Gasteiger charge is -2.24. The molecule has 0 bridgehead atoms. The lowest BCUT2D eigenvalue weighted by molar-refractivity contribution is -0.155. The van der Waals surface area contributed by atoms with Crippen LogP contribution >= 0.6 is 11.3 Å². The smallest absolute Gasteiger partial charge is 0.309 e. The van der Waals surface area contributed by atoms with Gasteiger partial charge in [-0.25, -0.2) is 4.39 Å². The van der Waals surface area contributed by atoms with E-state index in [-0.39, 0.29) is 24.4 Å². The zero-order valence-corrected chi connectivity index (χ0v) is 15.4. The van der Waals surface area contributed by atoms with Gasteiger partial charge in [-0.3, -0.25) is 9.59 Å². The third kappa shape index (κ3) is 5.39.